The summed E-state index contributed by atoms with van der Waals surface area (Å²) in [6.45, 7) is 4.59. The molecular weight excluding hydrogens is 254 g/mol. The van der Waals surface area contributed by atoms with Gasteiger partial charge in [0.2, 0.25) is 11.8 Å². The first kappa shape index (κ1) is 12.7. The molecule has 1 amide bonds. The van der Waals surface area contributed by atoms with Crippen LogP contribution in [0.1, 0.15) is 18.2 Å². The number of rotatable bonds is 3. The Hall–Kier alpha value is -2.30. The molecule has 5 nitrogen and oxygen atoms in total. The highest BCUT2D eigenvalue weighted by Gasteiger charge is 2.27. The molecule has 0 spiro atoms. The molecule has 1 aromatic heterocycles. The van der Waals surface area contributed by atoms with Crippen molar-refractivity contribution in [3.05, 3.63) is 41.6 Å². The van der Waals surface area contributed by atoms with Crippen LogP contribution in [-0.2, 0) is 11.2 Å². The molecule has 2 aromatic rings. The van der Waals surface area contributed by atoms with E-state index in [9.17, 15) is 4.79 Å². The number of nitrogens with zero attached hydrogens (tertiary/aromatic N) is 2. The minimum Gasteiger partial charge on any atom is -0.359 e. The molecule has 0 bridgehead atoms. The van der Waals surface area contributed by atoms with Crippen LogP contribution in [0, 0.1) is 6.92 Å². The molecule has 5 heteroatoms. The van der Waals surface area contributed by atoms with Gasteiger partial charge in [0.15, 0.2) is 0 Å². The van der Waals surface area contributed by atoms with E-state index >= 15 is 0 Å². The summed E-state index contributed by atoms with van der Waals surface area (Å²) in [4.78, 5) is 14.4. The summed E-state index contributed by atoms with van der Waals surface area (Å²) < 4.78 is 5.02. The minimum absolute atomic E-state index is 0.0853. The summed E-state index contributed by atoms with van der Waals surface area (Å²) >= 11 is 0. The Labute approximate surface area is 117 Å². The van der Waals surface area contributed by atoms with E-state index in [1.165, 1.54) is 5.56 Å². The Bertz CT molecular complexity index is 636. The molecule has 0 aliphatic carbocycles. The van der Waals surface area contributed by atoms with Gasteiger partial charge >= 0.3 is 0 Å². The first-order valence-corrected chi connectivity index (χ1v) is 6.74. The summed E-state index contributed by atoms with van der Waals surface area (Å²) in [6.07, 6.45) is 0.981. The zero-order valence-corrected chi connectivity index (χ0v) is 11.6. The number of benzene rings is 1. The fourth-order valence-electron chi connectivity index (χ4n) is 2.56. The molecule has 1 aliphatic rings. The van der Waals surface area contributed by atoms with E-state index in [0.717, 1.165) is 24.3 Å². The van der Waals surface area contributed by atoms with Gasteiger partial charge < -0.3 is 9.42 Å². The number of carbonyl (C=O) groups is 1. The maximum atomic E-state index is 12.3. The molecule has 2 heterocycles. The second kappa shape index (κ2) is 5.00. The van der Waals surface area contributed by atoms with Gasteiger partial charge in [-0.15, -0.1) is 0 Å². The van der Waals surface area contributed by atoms with Crippen molar-refractivity contribution in [3.8, 4) is 0 Å². The Balaban J connectivity index is 1.73. The van der Waals surface area contributed by atoms with Crippen molar-refractivity contribution in [3.63, 3.8) is 0 Å². The van der Waals surface area contributed by atoms with E-state index in [2.05, 4.69) is 27.5 Å². The highest BCUT2D eigenvalue weighted by Crippen LogP contribution is 2.29. The fourth-order valence-corrected chi connectivity index (χ4v) is 2.56. The quantitative estimate of drug-likeness (QED) is 0.931. The van der Waals surface area contributed by atoms with Crippen LogP contribution >= 0.6 is 0 Å². The number of para-hydroxylation sites is 1. The number of amides is 1. The molecule has 1 atom stereocenters. The number of hydrogen-bond acceptors (Lipinski definition) is 4. The number of nitrogens with one attached hydrogen (secondary N) is 1. The van der Waals surface area contributed by atoms with E-state index in [1.54, 1.807) is 6.07 Å². The van der Waals surface area contributed by atoms with Crippen LogP contribution in [0.5, 0.6) is 0 Å². The minimum atomic E-state index is -0.246. The second-order valence-corrected chi connectivity index (χ2v) is 5.07. The van der Waals surface area contributed by atoms with Crippen LogP contribution in [0.25, 0.3) is 0 Å². The number of hydrogen-bond donors (Lipinski definition) is 1. The first-order chi connectivity index (χ1) is 9.65. The van der Waals surface area contributed by atoms with E-state index in [-0.39, 0.29) is 11.9 Å². The van der Waals surface area contributed by atoms with Gasteiger partial charge in [-0.25, -0.2) is 0 Å². The smallest absolute Gasteiger partial charge is 0.249 e. The number of anilines is 2. The normalized spacial score (nSPS) is 15.0. The Morgan fingerprint density at radius 2 is 2.25 bits per heavy atom. The molecule has 1 aromatic carbocycles. The van der Waals surface area contributed by atoms with Gasteiger partial charge in [0, 0.05) is 18.3 Å². The van der Waals surface area contributed by atoms with Crippen molar-refractivity contribution in [2.75, 3.05) is 16.8 Å². The van der Waals surface area contributed by atoms with Gasteiger partial charge in [-0.3, -0.25) is 10.1 Å². The third-order valence-corrected chi connectivity index (χ3v) is 3.64. The van der Waals surface area contributed by atoms with E-state index in [0.29, 0.717) is 5.88 Å². The average molecular weight is 271 g/mol. The lowest BCUT2D eigenvalue weighted by Crippen LogP contribution is -2.41. The molecular formula is C15H17N3O2. The van der Waals surface area contributed by atoms with Crippen molar-refractivity contribution >= 4 is 17.5 Å². The highest BCUT2D eigenvalue weighted by molar-refractivity contribution is 5.96. The lowest BCUT2D eigenvalue weighted by Gasteiger charge is -2.25. The van der Waals surface area contributed by atoms with Gasteiger partial charge in [0.25, 0.3) is 0 Å². The maximum absolute atomic E-state index is 12.3. The van der Waals surface area contributed by atoms with Crippen LogP contribution in [0.15, 0.2) is 34.9 Å². The molecule has 0 fully saturated rings. The second-order valence-electron chi connectivity index (χ2n) is 5.07. The van der Waals surface area contributed by atoms with Crippen LogP contribution in [0.2, 0.25) is 0 Å². The van der Waals surface area contributed by atoms with Crippen LogP contribution in [0.4, 0.5) is 11.6 Å². The molecule has 0 saturated heterocycles. The maximum Gasteiger partial charge on any atom is 0.249 e. The molecule has 1 N–H and O–H groups in total. The summed E-state index contributed by atoms with van der Waals surface area (Å²) in [5.74, 6) is 0.310. The van der Waals surface area contributed by atoms with Crippen molar-refractivity contribution in [2.24, 2.45) is 0 Å². The van der Waals surface area contributed by atoms with E-state index < -0.39 is 0 Å². The third kappa shape index (κ3) is 2.27. The SMILES string of the molecule is Cc1cc(NC(=O)[C@@H](C)N2CCc3ccccc32)on1. The summed E-state index contributed by atoms with van der Waals surface area (Å²) in [5, 5.41) is 6.52. The van der Waals surface area contributed by atoms with Crippen molar-refractivity contribution in [1.82, 2.24) is 5.16 Å². The summed E-state index contributed by atoms with van der Waals surface area (Å²) in [5.41, 5.74) is 3.19. The average Bonchev–Trinajstić information content (AvgIpc) is 3.04. The number of carbonyl (C=O) groups excluding carboxylic acids is 1. The fraction of sp³-hybridized carbons (Fsp3) is 0.333. The molecule has 1 aliphatic heterocycles. The van der Waals surface area contributed by atoms with Crippen LogP contribution < -0.4 is 10.2 Å². The monoisotopic (exact) mass is 271 g/mol. The lowest BCUT2D eigenvalue weighted by atomic mass is 10.1. The van der Waals surface area contributed by atoms with Gasteiger partial charge in [-0.2, -0.15) is 0 Å². The third-order valence-electron chi connectivity index (χ3n) is 3.64. The number of fused-ring (bicyclic) bond motifs is 1. The summed E-state index contributed by atoms with van der Waals surface area (Å²) in [6, 6.07) is 9.67. The Kier molecular flexibility index (Phi) is 3.18. The molecule has 3 rings (SSSR count). The van der Waals surface area contributed by atoms with Crippen molar-refractivity contribution < 1.29 is 9.32 Å². The van der Waals surface area contributed by atoms with Crippen LogP contribution in [-0.4, -0.2) is 23.7 Å². The van der Waals surface area contributed by atoms with Gasteiger partial charge in [0.05, 0.1) is 5.69 Å². The topological polar surface area (TPSA) is 58.4 Å². The van der Waals surface area contributed by atoms with E-state index in [1.807, 2.05) is 26.0 Å². The van der Waals surface area contributed by atoms with E-state index in [4.69, 9.17) is 4.52 Å². The van der Waals surface area contributed by atoms with Gasteiger partial charge in [0.1, 0.15) is 6.04 Å². The Morgan fingerprint density at radius 1 is 1.45 bits per heavy atom. The molecule has 20 heavy (non-hydrogen) atoms. The first-order valence-electron chi connectivity index (χ1n) is 6.74. The molecule has 104 valence electrons. The van der Waals surface area contributed by atoms with Gasteiger partial charge in [-0.05, 0) is 31.9 Å². The zero-order valence-electron chi connectivity index (χ0n) is 11.6. The number of aromatic nitrogens is 1. The summed E-state index contributed by atoms with van der Waals surface area (Å²) in [7, 11) is 0. The molecule has 0 unspecified atom stereocenters. The Morgan fingerprint density at radius 3 is 3.00 bits per heavy atom. The molecule has 0 saturated carbocycles. The predicted molar refractivity (Wildman–Crippen MR) is 76.8 cm³/mol. The lowest BCUT2D eigenvalue weighted by molar-refractivity contribution is -0.117. The predicted octanol–water partition coefficient (Wildman–Crippen LogP) is 2.37. The number of aryl methyl sites for hydroxylation is 1. The zero-order chi connectivity index (χ0) is 14.1. The van der Waals surface area contributed by atoms with Crippen molar-refractivity contribution in [2.45, 2.75) is 26.3 Å². The van der Waals surface area contributed by atoms with Gasteiger partial charge in [-0.1, -0.05) is 23.4 Å². The largest absolute Gasteiger partial charge is 0.359 e. The van der Waals surface area contributed by atoms with Crippen molar-refractivity contribution in [1.29, 1.82) is 0 Å². The highest BCUT2D eigenvalue weighted by atomic mass is 16.5. The van der Waals surface area contributed by atoms with Crippen LogP contribution in [0.3, 0.4) is 0 Å². The standard InChI is InChI=1S/C15H17N3O2/c1-10-9-14(20-17-10)16-15(19)11(2)18-8-7-12-5-3-4-6-13(12)18/h3-6,9,11H,7-8H2,1-2H3,(H,16,19)/t11-/m1/s1. The molecule has 0 radical (unpaired) electrons.